The lowest BCUT2D eigenvalue weighted by molar-refractivity contribution is -0.161. The minimum absolute atomic E-state index is 0.0180. The van der Waals surface area contributed by atoms with E-state index >= 15 is 0 Å². The number of aliphatic hydroxyl groups excluding tert-OH is 4. The van der Waals surface area contributed by atoms with Crippen molar-refractivity contribution in [3.8, 4) is 0 Å². The van der Waals surface area contributed by atoms with Crippen LogP contribution < -0.4 is 0 Å². The van der Waals surface area contributed by atoms with Gasteiger partial charge in [0.05, 0.1) is 32.0 Å². The molecule has 1 rings (SSSR count). The van der Waals surface area contributed by atoms with Gasteiger partial charge in [0.15, 0.2) is 6.10 Å². The number of esters is 2. The number of aliphatic hydroxyl groups is 4. The number of ether oxygens (including phenoxy) is 2. The molecule has 0 aromatic carbocycles. The number of phosphoric acid groups is 1. The molecule has 0 aromatic heterocycles. The van der Waals surface area contributed by atoms with Gasteiger partial charge in [-0.25, -0.2) is 4.57 Å². The molecule has 0 aliphatic heterocycles. The number of Topliss-reactive ketones (excluding diaryl/α,β-unsaturated/α-hetero) is 1. The van der Waals surface area contributed by atoms with E-state index in [4.69, 9.17) is 19.1 Å². The molecule has 0 radical (unpaired) electrons. The van der Waals surface area contributed by atoms with Crippen LogP contribution in [-0.2, 0) is 37.5 Å². The van der Waals surface area contributed by atoms with Crippen LogP contribution in [0.5, 0.6) is 0 Å². The Balaban J connectivity index is 2.51. The number of carbonyl (C=O) groups is 3. The van der Waals surface area contributed by atoms with Gasteiger partial charge in [-0.1, -0.05) is 122 Å². The van der Waals surface area contributed by atoms with Gasteiger partial charge >= 0.3 is 19.8 Å². The average Bonchev–Trinajstić information content (AvgIpc) is 3.41. The number of hydrogen-bond donors (Lipinski definition) is 5. The molecule has 7 atom stereocenters. The normalized spacial score (nSPS) is 20.3. The number of hydrogen-bond acceptors (Lipinski definition) is 12. The van der Waals surface area contributed by atoms with Gasteiger partial charge < -0.3 is 34.8 Å². The van der Waals surface area contributed by atoms with Crippen LogP contribution in [0.4, 0.5) is 0 Å². The summed E-state index contributed by atoms with van der Waals surface area (Å²) in [5.74, 6) is -1.13. The maximum absolute atomic E-state index is 12.6. The smallest absolute Gasteiger partial charge is 0.462 e. The van der Waals surface area contributed by atoms with Gasteiger partial charge in [0.2, 0.25) is 0 Å². The number of carbonyl (C=O) groups excluding carboxylic acids is 3. The highest BCUT2D eigenvalue weighted by molar-refractivity contribution is 7.47. The van der Waals surface area contributed by atoms with Crippen molar-refractivity contribution < 1.29 is 62.8 Å². The van der Waals surface area contributed by atoms with Crippen LogP contribution in [0.2, 0.25) is 0 Å². The van der Waals surface area contributed by atoms with Gasteiger partial charge in [-0.3, -0.25) is 23.4 Å². The predicted octanol–water partition coefficient (Wildman–Crippen LogP) is 7.06. The lowest BCUT2D eigenvalue weighted by Gasteiger charge is -2.20. The lowest BCUT2D eigenvalue weighted by Crippen LogP contribution is -2.29. The molecule has 0 saturated heterocycles. The Labute approximate surface area is 329 Å². The summed E-state index contributed by atoms with van der Waals surface area (Å²) in [5.41, 5.74) is 0. The molecule has 14 heteroatoms. The molecule has 1 aliphatic carbocycles. The minimum Gasteiger partial charge on any atom is -0.462 e. The summed E-state index contributed by atoms with van der Waals surface area (Å²) < 4.78 is 32.6. The molecule has 320 valence electrons. The number of ketones is 1. The molecule has 1 saturated carbocycles. The van der Waals surface area contributed by atoms with Crippen LogP contribution in [-0.4, -0.2) is 93.9 Å². The lowest BCUT2D eigenvalue weighted by atomic mass is 9.90. The van der Waals surface area contributed by atoms with Crippen LogP contribution in [0, 0.1) is 17.8 Å². The Morgan fingerprint density at radius 1 is 0.836 bits per heavy atom. The molecule has 1 unspecified atom stereocenters. The zero-order valence-electron chi connectivity index (χ0n) is 33.8. The minimum atomic E-state index is -4.68. The summed E-state index contributed by atoms with van der Waals surface area (Å²) in [6.07, 6.45) is 19.6. The Morgan fingerprint density at radius 2 is 1.45 bits per heavy atom. The zero-order chi connectivity index (χ0) is 40.9. The molecule has 1 fully saturated rings. The molecule has 55 heavy (non-hydrogen) atoms. The molecule has 5 N–H and O–H groups in total. The monoisotopic (exact) mass is 804 g/mol. The third-order valence-electron chi connectivity index (χ3n) is 9.66. The first kappa shape index (κ1) is 51.1. The third-order valence-corrected chi connectivity index (χ3v) is 10.6. The molecule has 13 nitrogen and oxygen atoms in total. The van der Waals surface area contributed by atoms with E-state index < -0.39 is 70.6 Å². The topological polar surface area (TPSA) is 206 Å². The fourth-order valence-corrected chi connectivity index (χ4v) is 7.12. The fraction of sp³-hybridized carbons (Fsp3) is 0.829. The summed E-state index contributed by atoms with van der Waals surface area (Å²) in [7, 11) is -4.68. The van der Waals surface area contributed by atoms with Crippen molar-refractivity contribution in [1.82, 2.24) is 0 Å². The second-order valence-electron chi connectivity index (χ2n) is 15.3. The van der Waals surface area contributed by atoms with Gasteiger partial charge in [-0.05, 0) is 38.0 Å². The second kappa shape index (κ2) is 31.1. The highest BCUT2D eigenvalue weighted by Gasteiger charge is 2.39. The molecule has 0 aromatic rings. The molecule has 0 bridgehead atoms. The fourth-order valence-electron chi connectivity index (χ4n) is 6.33. The van der Waals surface area contributed by atoms with Crippen LogP contribution in [0.3, 0.4) is 0 Å². The van der Waals surface area contributed by atoms with E-state index in [1.54, 1.807) is 12.2 Å². The highest BCUT2D eigenvalue weighted by atomic mass is 31.2. The first-order chi connectivity index (χ1) is 26.3. The Kier molecular flexibility index (Phi) is 28.9. The largest absolute Gasteiger partial charge is 0.472 e. The number of phosphoric ester groups is 1. The SMILES string of the molecule is CCCCC[C@H](O)/C=C/[C@H]1[C@H](O)CC(=O)[C@@H]1C/C=C\CCCC(=O)OC[C@H](COP(=O)(O)OC[C@@H](O)CO)OC(=O)CCCCCCCCCCCC(C)C. The quantitative estimate of drug-likeness (QED) is 0.0192. The van der Waals surface area contributed by atoms with Crippen molar-refractivity contribution in [3.05, 3.63) is 24.3 Å². The first-order valence-electron chi connectivity index (χ1n) is 20.8. The van der Waals surface area contributed by atoms with E-state index in [0.29, 0.717) is 32.1 Å². The van der Waals surface area contributed by atoms with Crippen LogP contribution >= 0.6 is 7.82 Å². The van der Waals surface area contributed by atoms with E-state index in [1.807, 2.05) is 12.2 Å². The molecule has 0 amide bonds. The highest BCUT2D eigenvalue weighted by Crippen LogP contribution is 2.43. The second-order valence-corrected chi connectivity index (χ2v) is 16.7. The van der Waals surface area contributed by atoms with E-state index in [2.05, 4.69) is 25.3 Å². The summed E-state index contributed by atoms with van der Waals surface area (Å²) in [6, 6.07) is 0. The van der Waals surface area contributed by atoms with Crippen LogP contribution in [0.1, 0.15) is 149 Å². The Bertz CT molecular complexity index is 1140. The van der Waals surface area contributed by atoms with Crippen molar-refractivity contribution in [2.45, 2.75) is 174 Å². The number of allylic oxidation sites excluding steroid dienone is 2. The standard InChI is InChI=1S/C41H73O13P/c1-4-5-15-21-33(43)25-26-37-36(38(45)27-39(37)46)22-17-13-14-18-23-40(47)51-30-35(31-53-55(49,50)52-29-34(44)28-42)54-41(48)24-19-12-10-8-6-7-9-11-16-20-32(2)3/h13,17,25-26,32-37,39,42-44,46H,4-12,14-16,18-24,27-31H2,1-3H3,(H,49,50)/b17-13-,26-25+/t33-,34-,35+,36+,37+,39+/m0/s1. The maximum Gasteiger partial charge on any atom is 0.472 e. The van der Waals surface area contributed by atoms with Crippen molar-refractivity contribution >= 4 is 25.5 Å². The van der Waals surface area contributed by atoms with E-state index in [-0.39, 0.29) is 36.9 Å². The molecular weight excluding hydrogens is 731 g/mol. The van der Waals surface area contributed by atoms with E-state index in [9.17, 15) is 39.2 Å². The van der Waals surface area contributed by atoms with Crippen LogP contribution in [0.15, 0.2) is 24.3 Å². The molecule has 0 spiro atoms. The van der Waals surface area contributed by atoms with Gasteiger partial charge in [0, 0.05) is 31.1 Å². The summed E-state index contributed by atoms with van der Waals surface area (Å²) in [6.45, 7) is 4.23. The Hall–Kier alpha value is -1.96. The Morgan fingerprint density at radius 3 is 2.11 bits per heavy atom. The molecule has 1 aliphatic rings. The summed E-state index contributed by atoms with van der Waals surface area (Å²) in [4.78, 5) is 47.6. The zero-order valence-corrected chi connectivity index (χ0v) is 34.7. The van der Waals surface area contributed by atoms with Crippen molar-refractivity contribution in [1.29, 1.82) is 0 Å². The first-order valence-corrected chi connectivity index (χ1v) is 22.2. The van der Waals surface area contributed by atoms with Crippen molar-refractivity contribution in [2.24, 2.45) is 17.8 Å². The van der Waals surface area contributed by atoms with E-state index in [0.717, 1.165) is 44.4 Å². The maximum atomic E-state index is 12.6. The summed E-state index contributed by atoms with van der Waals surface area (Å²) >= 11 is 0. The summed E-state index contributed by atoms with van der Waals surface area (Å²) in [5, 5.41) is 39.0. The molecular formula is C41H73O13P. The van der Waals surface area contributed by atoms with Gasteiger partial charge in [0.25, 0.3) is 0 Å². The van der Waals surface area contributed by atoms with Crippen molar-refractivity contribution in [2.75, 3.05) is 26.4 Å². The number of unbranched alkanes of at least 4 members (excludes halogenated alkanes) is 11. The van der Waals surface area contributed by atoms with Gasteiger partial charge in [0.1, 0.15) is 18.5 Å². The number of rotatable bonds is 34. The van der Waals surface area contributed by atoms with E-state index in [1.165, 1.54) is 38.5 Å². The average molecular weight is 805 g/mol. The van der Waals surface area contributed by atoms with Gasteiger partial charge in [-0.2, -0.15) is 0 Å². The van der Waals surface area contributed by atoms with Crippen LogP contribution in [0.25, 0.3) is 0 Å². The molecule has 0 heterocycles. The predicted molar refractivity (Wildman–Crippen MR) is 211 cm³/mol. The van der Waals surface area contributed by atoms with Crippen molar-refractivity contribution in [3.63, 3.8) is 0 Å². The third kappa shape index (κ3) is 26.6. The van der Waals surface area contributed by atoms with Gasteiger partial charge in [-0.15, -0.1) is 0 Å².